The van der Waals surface area contributed by atoms with Gasteiger partial charge in [-0.15, -0.1) is 0 Å². The minimum Gasteiger partial charge on any atom is -0.289 e. The molecule has 0 aliphatic rings. The molecule has 98 valence electrons. The van der Waals surface area contributed by atoms with Gasteiger partial charge >= 0.3 is 0 Å². The topological polar surface area (TPSA) is 34.9 Å². The smallest absolute Gasteiger partial charge is 0.189 e. The van der Waals surface area contributed by atoms with Crippen molar-refractivity contribution in [2.45, 2.75) is 13.5 Å². The molecule has 0 amide bonds. The van der Waals surface area contributed by atoms with Crippen molar-refractivity contribution >= 4 is 27.8 Å². The highest BCUT2D eigenvalue weighted by molar-refractivity contribution is 9.10. The summed E-state index contributed by atoms with van der Waals surface area (Å²) < 4.78 is 15.9. The van der Waals surface area contributed by atoms with Crippen molar-refractivity contribution in [3.05, 3.63) is 58.1 Å². The van der Waals surface area contributed by atoms with E-state index in [2.05, 4.69) is 21.0 Å². The van der Waals surface area contributed by atoms with Gasteiger partial charge in [-0.05, 0) is 37.3 Å². The first-order chi connectivity index (χ1) is 9.10. The van der Waals surface area contributed by atoms with Crippen molar-refractivity contribution in [2.24, 2.45) is 0 Å². The first kappa shape index (κ1) is 13.7. The Bertz CT molecular complexity index is 634. The van der Waals surface area contributed by atoms with E-state index in [4.69, 9.17) is 0 Å². The van der Waals surface area contributed by atoms with Crippen LogP contribution in [0.4, 0.5) is 4.39 Å². The Morgan fingerprint density at radius 2 is 2.32 bits per heavy atom. The number of rotatable bonds is 4. The number of hydrogen-bond donors (Lipinski definition) is 0. The van der Waals surface area contributed by atoms with Gasteiger partial charge in [0.05, 0.1) is 11.8 Å². The third-order valence-corrected chi connectivity index (χ3v) is 3.11. The van der Waals surface area contributed by atoms with E-state index < -0.39 is 0 Å². The molecule has 0 atom stereocenters. The molecule has 19 heavy (non-hydrogen) atoms. The third-order valence-electron chi connectivity index (χ3n) is 2.61. The van der Waals surface area contributed by atoms with Gasteiger partial charge in [0.1, 0.15) is 5.82 Å². The quantitative estimate of drug-likeness (QED) is 0.635. The van der Waals surface area contributed by atoms with Crippen LogP contribution in [0.25, 0.3) is 6.08 Å². The molecule has 1 aromatic carbocycles. The Kier molecular flexibility index (Phi) is 4.27. The number of benzene rings is 1. The van der Waals surface area contributed by atoms with Crippen molar-refractivity contribution in [3.63, 3.8) is 0 Å². The number of ketones is 1. The molecule has 0 spiro atoms. The fourth-order valence-corrected chi connectivity index (χ4v) is 1.95. The van der Waals surface area contributed by atoms with E-state index in [9.17, 15) is 9.18 Å². The van der Waals surface area contributed by atoms with Crippen molar-refractivity contribution in [3.8, 4) is 0 Å². The van der Waals surface area contributed by atoms with Crippen LogP contribution in [0.15, 0.2) is 41.1 Å². The third kappa shape index (κ3) is 3.38. The lowest BCUT2D eigenvalue weighted by molar-refractivity contribution is 0.104. The molecule has 0 fully saturated rings. The van der Waals surface area contributed by atoms with Gasteiger partial charge in [-0.2, -0.15) is 5.10 Å². The second-order valence-electron chi connectivity index (χ2n) is 3.95. The van der Waals surface area contributed by atoms with Gasteiger partial charge in [0.15, 0.2) is 5.78 Å². The number of allylic oxidation sites excluding steroid dienone is 1. The average molecular weight is 323 g/mol. The minimum absolute atomic E-state index is 0.195. The predicted octanol–water partition coefficient (Wildman–Crippen LogP) is 3.70. The molecule has 0 unspecified atom stereocenters. The number of halogens is 2. The molecule has 0 bridgehead atoms. The van der Waals surface area contributed by atoms with Gasteiger partial charge in [-0.1, -0.05) is 15.9 Å². The highest BCUT2D eigenvalue weighted by Gasteiger charge is 2.05. The van der Waals surface area contributed by atoms with E-state index in [1.165, 1.54) is 24.4 Å². The van der Waals surface area contributed by atoms with E-state index in [0.29, 0.717) is 17.7 Å². The van der Waals surface area contributed by atoms with Crippen LogP contribution in [-0.4, -0.2) is 15.6 Å². The van der Waals surface area contributed by atoms with Gasteiger partial charge in [0, 0.05) is 22.8 Å². The van der Waals surface area contributed by atoms with E-state index >= 15 is 0 Å². The number of hydrogen-bond acceptors (Lipinski definition) is 2. The van der Waals surface area contributed by atoms with Crippen LogP contribution >= 0.6 is 15.9 Å². The Hall–Kier alpha value is -1.75. The first-order valence-corrected chi connectivity index (χ1v) is 6.59. The van der Waals surface area contributed by atoms with Crippen molar-refractivity contribution in [1.82, 2.24) is 9.78 Å². The summed E-state index contributed by atoms with van der Waals surface area (Å²) >= 11 is 3.26. The van der Waals surface area contributed by atoms with E-state index in [1.807, 2.05) is 6.92 Å². The zero-order chi connectivity index (χ0) is 13.8. The molecule has 1 aromatic heterocycles. The molecule has 0 saturated carbocycles. The van der Waals surface area contributed by atoms with Crippen molar-refractivity contribution in [1.29, 1.82) is 0 Å². The van der Waals surface area contributed by atoms with E-state index in [-0.39, 0.29) is 11.6 Å². The molecule has 2 rings (SSSR count). The fourth-order valence-electron chi connectivity index (χ4n) is 1.57. The van der Waals surface area contributed by atoms with E-state index in [0.717, 1.165) is 4.47 Å². The van der Waals surface area contributed by atoms with Crippen LogP contribution in [0.2, 0.25) is 0 Å². The molecule has 3 nitrogen and oxygen atoms in total. The van der Waals surface area contributed by atoms with Crippen LogP contribution in [0.5, 0.6) is 0 Å². The van der Waals surface area contributed by atoms with Crippen molar-refractivity contribution < 1.29 is 9.18 Å². The number of aromatic nitrogens is 2. The lowest BCUT2D eigenvalue weighted by Crippen LogP contribution is -1.94. The molecule has 0 N–H and O–H groups in total. The minimum atomic E-state index is -0.364. The standard InChI is InChI=1S/C14H12BrFN2O/c1-2-18-9-11(8-17-18)14(19)6-3-10-7-12(15)4-5-13(10)16/h3-9H,2H2,1H3/b6-3+. The zero-order valence-corrected chi connectivity index (χ0v) is 11.9. The molecule has 1 heterocycles. The van der Waals surface area contributed by atoms with Crippen LogP contribution in [0.1, 0.15) is 22.8 Å². The van der Waals surface area contributed by atoms with Crippen LogP contribution in [-0.2, 0) is 6.54 Å². The average Bonchev–Trinajstić information content (AvgIpc) is 2.88. The van der Waals surface area contributed by atoms with Gasteiger partial charge in [0.2, 0.25) is 0 Å². The highest BCUT2D eigenvalue weighted by Crippen LogP contribution is 2.17. The normalized spacial score (nSPS) is 11.1. The van der Waals surface area contributed by atoms with Crippen molar-refractivity contribution in [2.75, 3.05) is 0 Å². The Morgan fingerprint density at radius 3 is 3.00 bits per heavy atom. The Labute approximate surface area is 118 Å². The highest BCUT2D eigenvalue weighted by atomic mass is 79.9. The fraction of sp³-hybridized carbons (Fsp3) is 0.143. The zero-order valence-electron chi connectivity index (χ0n) is 10.3. The molecule has 0 radical (unpaired) electrons. The summed E-state index contributed by atoms with van der Waals surface area (Å²) in [5.41, 5.74) is 0.860. The maximum absolute atomic E-state index is 13.5. The molecular weight excluding hydrogens is 311 g/mol. The monoisotopic (exact) mass is 322 g/mol. The number of carbonyl (C=O) groups is 1. The second kappa shape index (κ2) is 5.93. The summed E-state index contributed by atoms with van der Waals surface area (Å²) in [6.07, 6.45) is 5.99. The SMILES string of the molecule is CCn1cc(C(=O)/C=C/c2cc(Br)ccc2F)cn1. The number of carbonyl (C=O) groups excluding carboxylic acids is 1. The molecule has 0 aliphatic heterocycles. The largest absolute Gasteiger partial charge is 0.289 e. The van der Waals surface area contributed by atoms with Gasteiger partial charge in [0.25, 0.3) is 0 Å². The van der Waals surface area contributed by atoms with Gasteiger partial charge in [-0.25, -0.2) is 4.39 Å². The lowest BCUT2D eigenvalue weighted by atomic mass is 10.1. The van der Waals surface area contributed by atoms with Crippen LogP contribution in [0.3, 0.4) is 0 Å². The van der Waals surface area contributed by atoms with Gasteiger partial charge < -0.3 is 0 Å². The maximum Gasteiger partial charge on any atom is 0.189 e. The van der Waals surface area contributed by atoms with Gasteiger partial charge in [-0.3, -0.25) is 9.48 Å². The molecular formula is C14H12BrFN2O. The van der Waals surface area contributed by atoms with Crippen LogP contribution in [0, 0.1) is 5.82 Å². The Balaban J connectivity index is 2.18. The van der Waals surface area contributed by atoms with Crippen LogP contribution < -0.4 is 0 Å². The predicted molar refractivity (Wildman–Crippen MR) is 75.4 cm³/mol. The number of nitrogens with zero attached hydrogens (tertiary/aromatic N) is 2. The summed E-state index contributed by atoms with van der Waals surface area (Å²) in [5, 5.41) is 4.02. The second-order valence-corrected chi connectivity index (χ2v) is 4.86. The summed E-state index contributed by atoms with van der Waals surface area (Å²) in [5.74, 6) is -0.560. The number of aryl methyl sites for hydroxylation is 1. The molecule has 0 saturated heterocycles. The molecule has 0 aliphatic carbocycles. The summed E-state index contributed by atoms with van der Waals surface area (Å²) in [6.45, 7) is 2.64. The lowest BCUT2D eigenvalue weighted by Gasteiger charge is -1.97. The maximum atomic E-state index is 13.5. The first-order valence-electron chi connectivity index (χ1n) is 5.80. The summed E-state index contributed by atoms with van der Waals surface area (Å²) in [4.78, 5) is 11.9. The summed E-state index contributed by atoms with van der Waals surface area (Å²) in [7, 11) is 0. The van der Waals surface area contributed by atoms with E-state index in [1.54, 1.807) is 23.0 Å². The summed E-state index contributed by atoms with van der Waals surface area (Å²) in [6, 6.07) is 4.58. The Morgan fingerprint density at radius 1 is 1.53 bits per heavy atom. The molecule has 2 aromatic rings. The molecule has 5 heteroatoms.